The van der Waals surface area contributed by atoms with Crippen LogP contribution in [-0.4, -0.2) is 18.7 Å². The van der Waals surface area contributed by atoms with Crippen LogP contribution < -0.4 is 0 Å². The van der Waals surface area contributed by atoms with Crippen molar-refractivity contribution in [3.05, 3.63) is 24.5 Å². The molecule has 0 radical (unpaired) electrons. The normalized spacial score (nSPS) is 42.2. The van der Waals surface area contributed by atoms with Gasteiger partial charge in [-0.2, -0.15) is 0 Å². The summed E-state index contributed by atoms with van der Waals surface area (Å²) in [5.41, 5.74) is 0.483. The number of rotatable bonds is 2. The lowest BCUT2D eigenvalue weighted by atomic mass is 9.79. The average molecular weight is 234 g/mol. The van der Waals surface area contributed by atoms with E-state index in [0.717, 1.165) is 25.2 Å². The van der Waals surface area contributed by atoms with Gasteiger partial charge in [-0.3, -0.25) is 0 Å². The maximum absolute atomic E-state index is 11.6. The summed E-state index contributed by atoms with van der Waals surface area (Å²) in [5, 5.41) is 0. The van der Waals surface area contributed by atoms with Gasteiger partial charge in [0.25, 0.3) is 0 Å². The molecule has 3 rings (SSSR count). The maximum Gasteiger partial charge on any atom is 0.333 e. The molecular weight excluding hydrogens is 216 g/mol. The lowest BCUT2D eigenvalue weighted by Crippen LogP contribution is -2.33. The Hall–Kier alpha value is -1.25. The molecule has 1 heterocycles. The molecule has 3 nitrogen and oxygen atoms in total. The van der Waals surface area contributed by atoms with Crippen molar-refractivity contribution < 1.29 is 14.3 Å². The Labute approximate surface area is 101 Å². The van der Waals surface area contributed by atoms with Crippen LogP contribution in [0.3, 0.4) is 0 Å². The van der Waals surface area contributed by atoms with Gasteiger partial charge >= 0.3 is 5.97 Å². The van der Waals surface area contributed by atoms with Crippen molar-refractivity contribution in [3.63, 3.8) is 0 Å². The quantitative estimate of drug-likeness (QED) is 0.543. The third-order valence-electron chi connectivity index (χ3n) is 4.55. The first kappa shape index (κ1) is 10.9. The van der Waals surface area contributed by atoms with Crippen LogP contribution in [0.2, 0.25) is 0 Å². The second-order valence-electron chi connectivity index (χ2n) is 5.59. The van der Waals surface area contributed by atoms with Crippen LogP contribution in [0, 0.1) is 23.7 Å². The number of allylic oxidation sites excluding steroid dienone is 1. The Morgan fingerprint density at radius 3 is 2.88 bits per heavy atom. The van der Waals surface area contributed by atoms with Crippen LogP contribution in [0.4, 0.5) is 0 Å². The first-order valence-electron chi connectivity index (χ1n) is 6.26. The third-order valence-corrected chi connectivity index (χ3v) is 4.55. The minimum Gasteiger partial charge on any atom is -0.498 e. The molecule has 3 aliphatic rings. The summed E-state index contributed by atoms with van der Waals surface area (Å²) in [6.45, 7) is 10.1. The second kappa shape index (κ2) is 3.62. The predicted molar refractivity (Wildman–Crippen MR) is 63.0 cm³/mol. The highest BCUT2D eigenvalue weighted by atomic mass is 16.5. The maximum atomic E-state index is 11.6. The summed E-state index contributed by atoms with van der Waals surface area (Å²) >= 11 is 0. The van der Waals surface area contributed by atoms with E-state index in [1.54, 1.807) is 6.92 Å². The Balaban J connectivity index is 1.71. The van der Waals surface area contributed by atoms with Gasteiger partial charge in [0.15, 0.2) is 0 Å². The zero-order chi connectivity index (χ0) is 12.2. The van der Waals surface area contributed by atoms with Gasteiger partial charge in [0, 0.05) is 23.3 Å². The number of carbonyl (C=O) groups is 1. The van der Waals surface area contributed by atoms with Crippen LogP contribution in [0.5, 0.6) is 0 Å². The summed E-state index contributed by atoms with van der Waals surface area (Å²) in [7, 11) is 0. The van der Waals surface area contributed by atoms with E-state index < -0.39 is 0 Å². The SMILES string of the molecule is C=C(C)C(=O)OC1CC2CC1C1COC(=C)C21. The minimum atomic E-state index is -0.253. The summed E-state index contributed by atoms with van der Waals surface area (Å²) in [6.07, 6.45) is 2.19. The monoisotopic (exact) mass is 234 g/mol. The Morgan fingerprint density at radius 2 is 2.18 bits per heavy atom. The molecule has 5 atom stereocenters. The van der Waals surface area contributed by atoms with E-state index in [-0.39, 0.29) is 12.1 Å². The van der Waals surface area contributed by atoms with E-state index in [1.807, 2.05) is 0 Å². The lowest BCUT2D eigenvalue weighted by Gasteiger charge is -2.29. The van der Waals surface area contributed by atoms with Gasteiger partial charge in [-0.05, 0) is 25.7 Å². The van der Waals surface area contributed by atoms with Crippen LogP contribution >= 0.6 is 0 Å². The highest BCUT2D eigenvalue weighted by Gasteiger charge is 2.57. The highest BCUT2D eigenvalue weighted by Crippen LogP contribution is 2.58. The molecule has 0 amide bonds. The predicted octanol–water partition coefficient (Wildman–Crippen LogP) is 2.29. The number of esters is 1. The molecule has 0 aromatic rings. The summed E-state index contributed by atoms with van der Waals surface area (Å²) in [4.78, 5) is 11.6. The van der Waals surface area contributed by atoms with Gasteiger partial charge in [0.2, 0.25) is 0 Å². The van der Waals surface area contributed by atoms with Gasteiger partial charge in [-0.15, -0.1) is 0 Å². The van der Waals surface area contributed by atoms with Crippen LogP contribution in [0.25, 0.3) is 0 Å². The topological polar surface area (TPSA) is 35.5 Å². The number of hydrogen-bond donors (Lipinski definition) is 0. The Bertz CT molecular complexity index is 398. The molecule has 0 N–H and O–H groups in total. The lowest BCUT2D eigenvalue weighted by molar-refractivity contribution is -0.148. The first-order chi connectivity index (χ1) is 8.08. The Kier molecular flexibility index (Phi) is 2.32. The van der Waals surface area contributed by atoms with E-state index in [2.05, 4.69) is 13.2 Å². The second-order valence-corrected chi connectivity index (χ2v) is 5.59. The van der Waals surface area contributed by atoms with Crippen molar-refractivity contribution in [1.29, 1.82) is 0 Å². The van der Waals surface area contributed by atoms with Crippen molar-refractivity contribution >= 4 is 5.97 Å². The van der Waals surface area contributed by atoms with Crippen LogP contribution in [0.15, 0.2) is 24.5 Å². The standard InChI is InChI=1S/C14H18O3/c1-7(2)14(15)17-12-5-9-4-10(12)11-6-16-8(3)13(9)11/h9-13H,1,3-6H2,2H3. The number of ether oxygens (including phenoxy) is 2. The Morgan fingerprint density at radius 1 is 1.41 bits per heavy atom. The number of fused-ring (bicyclic) bond motifs is 5. The zero-order valence-corrected chi connectivity index (χ0v) is 10.1. The highest BCUT2D eigenvalue weighted by molar-refractivity contribution is 5.87. The summed E-state index contributed by atoms with van der Waals surface area (Å²) in [5.74, 6) is 2.79. The molecule has 1 aliphatic heterocycles. The molecule has 2 bridgehead atoms. The average Bonchev–Trinajstić information content (AvgIpc) is 2.90. The fourth-order valence-electron chi connectivity index (χ4n) is 3.83. The van der Waals surface area contributed by atoms with Crippen molar-refractivity contribution in [2.75, 3.05) is 6.61 Å². The van der Waals surface area contributed by atoms with Gasteiger partial charge in [0.1, 0.15) is 6.10 Å². The van der Waals surface area contributed by atoms with Gasteiger partial charge < -0.3 is 9.47 Å². The van der Waals surface area contributed by atoms with Crippen LogP contribution in [0.1, 0.15) is 19.8 Å². The molecule has 0 aromatic carbocycles. The molecule has 0 spiro atoms. The van der Waals surface area contributed by atoms with E-state index in [4.69, 9.17) is 9.47 Å². The first-order valence-corrected chi connectivity index (χ1v) is 6.26. The van der Waals surface area contributed by atoms with Crippen molar-refractivity contribution in [2.24, 2.45) is 23.7 Å². The summed E-state index contributed by atoms with van der Waals surface area (Å²) < 4.78 is 11.1. The molecule has 0 aromatic heterocycles. The molecule has 17 heavy (non-hydrogen) atoms. The smallest absolute Gasteiger partial charge is 0.333 e. The number of hydrogen-bond acceptors (Lipinski definition) is 3. The van der Waals surface area contributed by atoms with Crippen molar-refractivity contribution in [3.8, 4) is 0 Å². The molecule has 3 heteroatoms. The van der Waals surface area contributed by atoms with E-state index in [9.17, 15) is 4.79 Å². The largest absolute Gasteiger partial charge is 0.498 e. The molecule has 92 valence electrons. The molecule has 2 aliphatic carbocycles. The summed E-state index contributed by atoms with van der Waals surface area (Å²) in [6, 6.07) is 0. The molecule has 2 saturated carbocycles. The van der Waals surface area contributed by atoms with Crippen molar-refractivity contribution in [1.82, 2.24) is 0 Å². The van der Waals surface area contributed by atoms with E-state index >= 15 is 0 Å². The van der Waals surface area contributed by atoms with Crippen LogP contribution in [-0.2, 0) is 14.3 Å². The fourth-order valence-corrected chi connectivity index (χ4v) is 3.83. The van der Waals surface area contributed by atoms with E-state index in [0.29, 0.717) is 29.2 Å². The fraction of sp³-hybridized carbons (Fsp3) is 0.643. The molecule has 3 fully saturated rings. The molecule has 5 unspecified atom stereocenters. The van der Waals surface area contributed by atoms with Gasteiger partial charge in [-0.25, -0.2) is 4.79 Å². The van der Waals surface area contributed by atoms with E-state index in [1.165, 1.54) is 0 Å². The van der Waals surface area contributed by atoms with Crippen molar-refractivity contribution in [2.45, 2.75) is 25.9 Å². The number of carbonyl (C=O) groups excluding carboxylic acids is 1. The zero-order valence-electron chi connectivity index (χ0n) is 10.1. The molecule has 1 saturated heterocycles. The third kappa shape index (κ3) is 1.52. The minimum absolute atomic E-state index is 0.0694. The van der Waals surface area contributed by atoms with Gasteiger partial charge in [-0.1, -0.05) is 13.2 Å². The van der Waals surface area contributed by atoms with Gasteiger partial charge in [0.05, 0.1) is 12.4 Å². The molecular formula is C14H18O3.